The Morgan fingerprint density at radius 1 is 1.29 bits per heavy atom. The summed E-state index contributed by atoms with van der Waals surface area (Å²) >= 11 is 0. The van der Waals surface area contributed by atoms with Gasteiger partial charge in [-0.05, 0) is 19.1 Å². The second-order valence-corrected chi connectivity index (χ2v) is 4.61. The van der Waals surface area contributed by atoms with Crippen LogP contribution in [0.4, 0.5) is 0 Å². The molecule has 1 fully saturated rings. The van der Waals surface area contributed by atoms with Crippen molar-refractivity contribution in [3.63, 3.8) is 0 Å². The fourth-order valence-electron chi connectivity index (χ4n) is 1.91. The van der Waals surface area contributed by atoms with Crippen molar-refractivity contribution in [2.45, 2.75) is 12.5 Å². The third-order valence-electron chi connectivity index (χ3n) is 2.94. The van der Waals surface area contributed by atoms with Crippen LogP contribution in [0.5, 0.6) is 5.75 Å². The van der Waals surface area contributed by atoms with Gasteiger partial charge in [-0.3, -0.25) is 0 Å². The summed E-state index contributed by atoms with van der Waals surface area (Å²) in [6.07, 6.45) is 3.68. The van der Waals surface area contributed by atoms with E-state index in [1.54, 1.807) is 6.20 Å². The standard InChI is InChI=1S/C13H15N3O/c1-13(9-14-10-13)17-12-7-15-16(8-12)11-5-3-2-4-6-11/h2-8,14H,9-10H2,1H3. The largest absolute Gasteiger partial charge is 0.482 e. The molecule has 0 radical (unpaired) electrons. The number of ether oxygens (including phenoxy) is 1. The number of nitrogens with zero attached hydrogens (tertiary/aromatic N) is 2. The van der Waals surface area contributed by atoms with Crippen LogP contribution in [-0.2, 0) is 0 Å². The lowest BCUT2D eigenvalue weighted by molar-refractivity contribution is 0.0348. The maximum Gasteiger partial charge on any atom is 0.158 e. The van der Waals surface area contributed by atoms with E-state index in [0.717, 1.165) is 24.5 Å². The minimum Gasteiger partial charge on any atom is -0.482 e. The SMILES string of the molecule is CC1(Oc2cnn(-c3ccccc3)c2)CNC1. The zero-order valence-electron chi connectivity index (χ0n) is 9.76. The zero-order valence-corrected chi connectivity index (χ0v) is 9.76. The van der Waals surface area contributed by atoms with Gasteiger partial charge in [-0.25, -0.2) is 4.68 Å². The minimum absolute atomic E-state index is 0.0788. The number of nitrogens with one attached hydrogen (secondary N) is 1. The van der Waals surface area contributed by atoms with E-state index in [2.05, 4.69) is 17.3 Å². The molecule has 0 atom stereocenters. The van der Waals surface area contributed by atoms with Gasteiger partial charge < -0.3 is 10.1 Å². The fraction of sp³-hybridized carbons (Fsp3) is 0.308. The van der Waals surface area contributed by atoms with Crippen LogP contribution in [0, 0.1) is 0 Å². The zero-order chi connectivity index (χ0) is 11.7. The first-order valence-electron chi connectivity index (χ1n) is 5.75. The van der Waals surface area contributed by atoms with Crippen LogP contribution in [-0.4, -0.2) is 28.5 Å². The Balaban J connectivity index is 1.79. The van der Waals surface area contributed by atoms with E-state index in [0.29, 0.717) is 0 Å². The van der Waals surface area contributed by atoms with Gasteiger partial charge in [0.15, 0.2) is 5.75 Å². The Labute approximate surface area is 100 Å². The van der Waals surface area contributed by atoms with Crippen LogP contribution < -0.4 is 10.1 Å². The van der Waals surface area contributed by atoms with E-state index in [1.165, 1.54) is 0 Å². The monoisotopic (exact) mass is 229 g/mol. The number of hydrogen-bond donors (Lipinski definition) is 1. The van der Waals surface area contributed by atoms with Crippen molar-refractivity contribution in [1.29, 1.82) is 0 Å². The molecule has 2 aromatic rings. The number of para-hydroxylation sites is 1. The van der Waals surface area contributed by atoms with E-state index in [4.69, 9.17) is 4.74 Å². The van der Waals surface area contributed by atoms with Crippen molar-refractivity contribution in [3.05, 3.63) is 42.7 Å². The Morgan fingerprint density at radius 2 is 2.06 bits per heavy atom. The average molecular weight is 229 g/mol. The molecule has 0 aliphatic carbocycles. The summed E-state index contributed by atoms with van der Waals surface area (Å²) < 4.78 is 7.72. The Morgan fingerprint density at radius 3 is 2.71 bits per heavy atom. The molecular formula is C13H15N3O. The molecule has 1 aromatic heterocycles. The molecule has 1 aliphatic rings. The number of benzene rings is 1. The topological polar surface area (TPSA) is 39.1 Å². The van der Waals surface area contributed by atoms with E-state index < -0.39 is 0 Å². The Bertz CT molecular complexity index is 502. The molecule has 1 N–H and O–H groups in total. The lowest BCUT2D eigenvalue weighted by Crippen LogP contribution is -2.60. The van der Waals surface area contributed by atoms with Gasteiger partial charge in [-0.1, -0.05) is 18.2 Å². The molecule has 1 aliphatic heterocycles. The van der Waals surface area contributed by atoms with Gasteiger partial charge in [0.25, 0.3) is 0 Å². The summed E-state index contributed by atoms with van der Waals surface area (Å²) in [5.41, 5.74) is 0.962. The lowest BCUT2D eigenvalue weighted by atomic mass is 10.0. The summed E-state index contributed by atoms with van der Waals surface area (Å²) in [6.45, 7) is 3.89. The van der Waals surface area contributed by atoms with Crippen molar-refractivity contribution in [2.24, 2.45) is 0 Å². The predicted molar refractivity (Wildman–Crippen MR) is 65.5 cm³/mol. The molecule has 3 rings (SSSR count). The smallest absolute Gasteiger partial charge is 0.158 e. The van der Waals surface area contributed by atoms with Crippen LogP contribution in [0.3, 0.4) is 0 Å². The van der Waals surface area contributed by atoms with Gasteiger partial charge in [-0.2, -0.15) is 5.10 Å². The first kappa shape index (κ1) is 10.4. The lowest BCUT2D eigenvalue weighted by Gasteiger charge is -2.38. The number of rotatable bonds is 3. The summed E-state index contributed by atoms with van der Waals surface area (Å²) in [5, 5.41) is 7.51. The van der Waals surface area contributed by atoms with Gasteiger partial charge in [0.05, 0.1) is 18.1 Å². The normalized spacial score (nSPS) is 17.5. The van der Waals surface area contributed by atoms with Gasteiger partial charge in [0.2, 0.25) is 0 Å². The highest BCUT2D eigenvalue weighted by molar-refractivity contribution is 5.32. The van der Waals surface area contributed by atoms with E-state index in [-0.39, 0.29) is 5.60 Å². The third-order valence-corrected chi connectivity index (χ3v) is 2.94. The van der Waals surface area contributed by atoms with Crippen LogP contribution in [0.25, 0.3) is 5.69 Å². The van der Waals surface area contributed by atoms with Crippen molar-refractivity contribution in [1.82, 2.24) is 15.1 Å². The molecule has 2 heterocycles. The van der Waals surface area contributed by atoms with Crippen LogP contribution in [0.2, 0.25) is 0 Å². The molecule has 0 bridgehead atoms. The van der Waals surface area contributed by atoms with Crippen molar-refractivity contribution >= 4 is 0 Å². The summed E-state index contributed by atoms with van der Waals surface area (Å²) in [6, 6.07) is 10.0. The van der Waals surface area contributed by atoms with Crippen LogP contribution in [0.1, 0.15) is 6.92 Å². The molecular weight excluding hydrogens is 214 g/mol. The predicted octanol–water partition coefficient (Wildman–Crippen LogP) is 1.61. The third kappa shape index (κ3) is 2.03. The highest BCUT2D eigenvalue weighted by atomic mass is 16.5. The molecule has 0 saturated carbocycles. The molecule has 4 nitrogen and oxygen atoms in total. The van der Waals surface area contributed by atoms with E-state index in [9.17, 15) is 0 Å². The molecule has 0 spiro atoms. The first-order chi connectivity index (χ1) is 8.25. The molecule has 1 aromatic carbocycles. The molecule has 4 heteroatoms. The van der Waals surface area contributed by atoms with Gasteiger partial charge in [-0.15, -0.1) is 0 Å². The summed E-state index contributed by atoms with van der Waals surface area (Å²) in [5.74, 6) is 0.817. The quantitative estimate of drug-likeness (QED) is 0.869. The fourth-order valence-corrected chi connectivity index (χ4v) is 1.91. The number of hydrogen-bond acceptors (Lipinski definition) is 3. The Hall–Kier alpha value is -1.81. The molecule has 1 saturated heterocycles. The summed E-state index contributed by atoms with van der Waals surface area (Å²) in [7, 11) is 0. The minimum atomic E-state index is -0.0788. The second kappa shape index (κ2) is 3.89. The molecule has 88 valence electrons. The molecule has 0 unspecified atom stereocenters. The van der Waals surface area contributed by atoms with E-state index >= 15 is 0 Å². The Kier molecular flexibility index (Phi) is 2.37. The summed E-state index contributed by atoms with van der Waals surface area (Å²) in [4.78, 5) is 0. The molecule has 17 heavy (non-hydrogen) atoms. The van der Waals surface area contributed by atoms with Crippen molar-refractivity contribution < 1.29 is 4.74 Å². The van der Waals surface area contributed by atoms with Gasteiger partial charge >= 0.3 is 0 Å². The van der Waals surface area contributed by atoms with Crippen LogP contribution in [0.15, 0.2) is 42.7 Å². The number of aromatic nitrogens is 2. The van der Waals surface area contributed by atoms with Gasteiger partial charge in [0, 0.05) is 13.1 Å². The highest BCUT2D eigenvalue weighted by Crippen LogP contribution is 2.22. The van der Waals surface area contributed by atoms with Crippen molar-refractivity contribution in [3.8, 4) is 11.4 Å². The van der Waals surface area contributed by atoms with Crippen LogP contribution >= 0.6 is 0 Å². The highest BCUT2D eigenvalue weighted by Gasteiger charge is 2.34. The maximum absolute atomic E-state index is 5.89. The maximum atomic E-state index is 5.89. The van der Waals surface area contributed by atoms with Gasteiger partial charge in [0.1, 0.15) is 5.60 Å². The molecule has 0 amide bonds. The first-order valence-corrected chi connectivity index (χ1v) is 5.75. The van der Waals surface area contributed by atoms with Crippen molar-refractivity contribution in [2.75, 3.05) is 13.1 Å². The average Bonchev–Trinajstić information content (AvgIpc) is 2.77. The second-order valence-electron chi connectivity index (χ2n) is 4.61. The van der Waals surface area contributed by atoms with E-state index in [1.807, 2.05) is 41.2 Å².